The third-order valence-corrected chi connectivity index (χ3v) is 5.50. The highest BCUT2D eigenvalue weighted by molar-refractivity contribution is 7.18. The summed E-state index contributed by atoms with van der Waals surface area (Å²) in [6.45, 7) is -0.440. The summed E-state index contributed by atoms with van der Waals surface area (Å²) in [5, 5.41) is 2.73. The van der Waals surface area contributed by atoms with E-state index in [1.165, 1.54) is 11.3 Å². The smallest absolute Gasteiger partial charge is 0.306 e. The van der Waals surface area contributed by atoms with E-state index in [2.05, 4.69) is 15.8 Å². The lowest BCUT2D eigenvalue weighted by Crippen LogP contribution is -2.43. The van der Waals surface area contributed by atoms with Gasteiger partial charge in [0, 0.05) is 6.42 Å². The van der Waals surface area contributed by atoms with Gasteiger partial charge in [-0.25, -0.2) is 4.98 Å². The summed E-state index contributed by atoms with van der Waals surface area (Å²) in [7, 11) is 0. The van der Waals surface area contributed by atoms with Crippen LogP contribution in [0.25, 0.3) is 10.2 Å². The number of hydrazine groups is 1. The van der Waals surface area contributed by atoms with Crippen LogP contribution in [0, 0.1) is 0 Å². The molecule has 3 aromatic rings. The Morgan fingerprint density at radius 1 is 1.07 bits per heavy atom. The number of rotatable bonds is 7. The molecule has 0 aliphatic rings. The zero-order valence-electron chi connectivity index (χ0n) is 14.3. The number of nitrogens with one attached hydrogen (secondary N) is 2. The van der Waals surface area contributed by atoms with Crippen molar-refractivity contribution in [1.29, 1.82) is 0 Å². The number of hydrogen-bond donors (Lipinski definition) is 2. The first-order chi connectivity index (χ1) is 13.1. The van der Waals surface area contributed by atoms with Crippen molar-refractivity contribution < 1.29 is 19.1 Å². The maximum absolute atomic E-state index is 11.7. The topological polar surface area (TPSA) is 97.4 Å². The van der Waals surface area contributed by atoms with Crippen molar-refractivity contribution in [3.8, 4) is 0 Å². The summed E-state index contributed by atoms with van der Waals surface area (Å²) in [4.78, 5) is 40.0. The predicted molar refractivity (Wildman–Crippen MR) is 103 cm³/mol. The number of nitrogens with zero attached hydrogens (tertiary/aromatic N) is 1. The number of aryl methyl sites for hydroxylation is 1. The van der Waals surface area contributed by atoms with Crippen LogP contribution in [0.3, 0.4) is 0 Å². The molecule has 0 spiro atoms. The molecular formula is C18H17N3O4S2. The molecule has 3 rings (SSSR count). The Kier molecular flexibility index (Phi) is 6.50. The molecule has 0 bridgehead atoms. The lowest BCUT2D eigenvalue weighted by molar-refractivity contribution is -0.148. The van der Waals surface area contributed by atoms with Gasteiger partial charge in [-0.1, -0.05) is 18.2 Å². The van der Waals surface area contributed by atoms with Crippen LogP contribution in [0.4, 0.5) is 0 Å². The standard InChI is InChI=1S/C18H17N3O4S2/c22-15(20-21-18(24)14-7-4-10-26-14)11-25-17(23)9-3-8-16-19-12-5-1-2-6-13(12)27-16/h1-2,4-7,10H,3,8-9,11H2,(H,20,22)(H,21,24). The van der Waals surface area contributed by atoms with E-state index in [9.17, 15) is 14.4 Å². The van der Waals surface area contributed by atoms with Crippen LogP contribution >= 0.6 is 22.7 Å². The van der Waals surface area contributed by atoms with Crippen LogP contribution in [0.15, 0.2) is 41.8 Å². The summed E-state index contributed by atoms with van der Waals surface area (Å²) in [5.41, 5.74) is 5.42. The number of hydrogen-bond acceptors (Lipinski definition) is 7. The first-order valence-corrected chi connectivity index (χ1v) is 9.94. The number of thiazole rings is 1. The molecule has 0 unspecified atom stereocenters. The first-order valence-electron chi connectivity index (χ1n) is 8.24. The summed E-state index contributed by atoms with van der Waals surface area (Å²) in [6, 6.07) is 11.3. The Bertz CT molecular complexity index is 904. The Hall–Kier alpha value is -2.78. The van der Waals surface area contributed by atoms with Crippen LogP contribution in [-0.4, -0.2) is 29.4 Å². The molecule has 9 heteroatoms. The van der Waals surface area contributed by atoms with E-state index in [0.717, 1.165) is 15.2 Å². The van der Waals surface area contributed by atoms with Gasteiger partial charge in [0.05, 0.1) is 20.1 Å². The van der Waals surface area contributed by atoms with E-state index < -0.39 is 24.4 Å². The van der Waals surface area contributed by atoms with Gasteiger partial charge in [-0.2, -0.15) is 0 Å². The van der Waals surface area contributed by atoms with E-state index in [1.54, 1.807) is 28.8 Å². The summed E-state index contributed by atoms with van der Waals surface area (Å²) in [5.74, 6) is -1.48. The number of benzene rings is 1. The molecule has 2 heterocycles. The minimum Gasteiger partial charge on any atom is -0.455 e. The maximum atomic E-state index is 11.7. The molecule has 0 aliphatic heterocycles. The van der Waals surface area contributed by atoms with Gasteiger partial charge in [0.15, 0.2) is 6.61 Å². The average molecular weight is 403 g/mol. The molecule has 1 aromatic carbocycles. The second-order valence-corrected chi connectivity index (χ2v) is 7.63. The maximum Gasteiger partial charge on any atom is 0.306 e. The summed E-state index contributed by atoms with van der Waals surface area (Å²) >= 11 is 2.86. The summed E-state index contributed by atoms with van der Waals surface area (Å²) in [6.07, 6.45) is 1.47. The zero-order chi connectivity index (χ0) is 19.1. The Labute approximate surface area is 163 Å². The fourth-order valence-corrected chi connectivity index (χ4v) is 3.89. The number of carbonyl (C=O) groups excluding carboxylic acids is 3. The molecule has 0 radical (unpaired) electrons. The van der Waals surface area contributed by atoms with Gasteiger partial charge in [0.25, 0.3) is 11.8 Å². The van der Waals surface area contributed by atoms with Crippen molar-refractivity contribution in [2.75, 3.05) is 6.61 Å². The number of ether oxygens (including phenoxy) is 1. The van der Waals surface area contributed by atoms with E-state index in [0.29, 0.717) is 17.7 Å². The van der Waals surface area contributed by atoms with Crippen molar-refractivity contribution in [3.63, 3.8) is 0 Å². The first kappa shape index (κ1) is 19.0. The number of para-hydroxylation sites is 1. The van der Waals surface area contributed by atoms with Crippen LogP contribution in [0.2, 0.25) is 0 Å². The number of thiophene rings is 1. The Morgan fingerprint density at radius 2 is 1.93 bits per heavy atom. The normalized spacial score (nSPS) is 10.5. The second kappa shape index (κ2) is 9.24. The van der Waals surface area contributed by atoms with E-state index in [1.807, 2.05) is 24.3 Å². The van der Waals surface area contributed by atoms with Crippen molar-refractivity contribution in [2.24, 2.45) is 0 Å². The molecule has 27 heavy (non-hydrogen) atoms. The fourth-order valence-electron chi connectivity index (χ4n) is 2.26. The molecule has 2 N–H and O–H groups in total. The van der Waals surface area contributed by atoms with Gasteiger partial charge in [-0.05, 0) is 36.4 Å². The third kappa shape index (κ3) is 5.60. The zero-order valence-corrected chi connectivity index (χ0v) is 15.9. The number of fused-ring (bicyclic) bond motifs is 1. The van der Waals surface area contributed by atoms with Crippen LogP contribution < -0.4 is 10.9 Å². The van der Waals surface area contributed by atoms with Crippen LogP contribution in [0.1, 0.15) is 27.5 Å². The van der Waals surface area contributed by atoms with Gasteiger partial charge >= 0.3 is 5.97 Å². The monoisotopic (exact) mass is 403 g/mol. The number of aromatic nitrogens is 1. The summed E-state index contributed by atoms with van der Waals surface area (Å²) < 4.78 is 6.03. The van der Waals surface area contributed by atoms with Crippen molar-refractivity contribution in [1.82, 2.24) is 15.8 Å². The van der Waals surface area contributed by atoms with Crippen LogP contribution in [0.5, 0.6) is 0 Å². The number of carbonyl (C=O) groups is 3. The van der Waals surface area contributed by atoms with E-state index >= 15 is 0 Å². The lowest BCUT2D eigenvalue weighted by Gasteiger charge is -2.07. The second-order valence-electron chi connectivity index (χ2n) is 5.57. The van der Waals surface area contributed by atoms with Crippen molar-refractivity contribution in [2.45, 2.75) is 19.3 Å². The highest BCUT2D eigenvalue weighted by Gasteiger charge is 2.11. The van der Waals surface area contributed by atoms with Gasteiger partial charge in [-0.15, -0.1) is 22.7 Å². The van der Waals surface area contributed by atoms with Gasteiger partial charge in [-0.3, -0.25) is 25.2 Å². The average Bonchev–Trinajstić information content (AvgIpc) is 3.33. The molecule has 140 valence electrons. The third-order valence-electron chi connectivity index (χ3n) is 3.53. The highest BCUT2D eigenvalue weighted by Crippen LogP contribution is 2.22. The Balaban J connectivity index is 1.32. The molecule has 0 atom stereocenters. The minimum atomic E-state index is -0.598. The molecule has 0 fully saturated rings. The van der Waals surface area contributed by atoms with E-state index in [-0.39, 0.29) is 6.42 Å². The highest BCUT2D eigenvalue weighted by atomic mass is 32.1. The van der Waals surface area contributed by atoms with Crippen molar-refractivity contribution in [3.05, 3.63) is 51.7 Å². The molecule has 0 aliphatic carbocycles. The minimum absolute atomic E-state index is 0.199. The molecule has 0 saturated heterocycles. The molecule has 2 amide bonds. The van der Waals surface area contributed by atoms with Crippen LogP contribution in [-0.2, 0) is 20.7 Å². The van der Waals surface area contributed by atoms with Gasteiger partial charge in [0.1, 0.15) is 0 Å². The molecular weight excluding hydrogens is 386 g/mol. The lowest BCUT2D eigenvalue weighted by atomic mass is 10.2. The quantitative estimate of drug-likeness (QED) is 0.467. The SMILES string of the molecule is O=C(COC(=O)CCCc1nc2ccccc2s1)NNC(=O)c1cccs1. The van der Waals surface area contributed by atoms with Gasteiger partial charge in [0.2, 0.25) is 0 Å². The van der Waals surface area contributed by atoms with Gasteiger partial charge < -0.3 is 4.74 Å². The number of esters is 1. The Morgan fingerprint density at radius 3 is 2.70 bits per heavy atom. The predicted octanol–water partition coefficient (Wildman–Crippen LogP) is 2.68. The van der Waals surface area contributed by atoms with E-state index in [4.69, 9.17) is 4.74 Å². The van der Waals surface area contributed by atoms with Crippen molar-refractivity contribution >= 4 is 50.7 Å². The fraction of sp³-hybridized carbons (Fsp3) is 0.222. The molecule has 2 aromatic heterocycles. The molecule has 7 nitrogen and oxygen atoms in total. The molecule has 0 saturated carbocycles. The number of amides is 2. The largest absolute Gasteiger partial charge is 0.455 e.